The molecule has 3 rings (SSSR count). The van der Waals surface area contributed by atoms with Crippen molar-refractivity contribution in [3.05, 3.63) is 65.0 Å². The first-order valence-corrected chi connectivity index (χ1v) is 6.34. The minimum atomic E-state index is -0.689. The zero-order chi connectivity index (χ0) is 13.4. The topological polar surface area (TPSA) is 29.5 Å². The van der Waals surface area contributed by atoms with Crippen molar-refractivity contribution in [2.45, 2.75) is 25.6 Å². The van der Waals surface area contributed by atoms with Crippen LogP contribution in [0.5, 0.6) is 5.75 Å². The number of hydrogen-bond acceptors (Lipinski definition) is 2. The standard InChI is InChI=1S/C16H15FO2/c1-10-2-4-11(5-3-10)16-9-14(18)13-8-12(17)6-7-15(13)19-16/h2-8,14,16,18H,9H2,1H3/t14-,16?/m1/s1. The predicted octanol–water partition coefficient (Wildman–Crippen LogP) is 3.69. The monoisotopic (exact) mass is 258 g/mol. The van der Waals surface area contributed by atoms with E-state index in [-0.39, 0.29) is 11.9 Å². The first-order valence-electron chi connectivity index (χ1n) is 6.34. The highest BCUT2D eigenvalue weighted by molar-refractivity contribution is 5.39. The zero-order valence-electron chi connectivity index (χ0n) is 10.6. The molecule has 1 unspecified atom stereocenters. The fourth-order valence-electron chi connectivity index (χ4n) is 2.40. The molecule has 0 fully saturated rings. The number of rotatable bonds is 1. The molecule has 0 bridgehead atoms. The molecular weight excluding hydrogens is 243 g/mol. The van der Waals surface area contributed by atoms with Gasteiger partial charge in [-0.15, -0.1) is 0 Å². The molecule has 2 nitrogen and oxygen atoms in total. The molecule has 2 aromatic rings. The number of aryl methyl sites for hydroxylation is 1. The molecule has 19 heavy (non-hydrogen) atoms. The Morgan fingerprint density at radius 2 is 1.89 bits per heavy atom. The minimum Gasteiger partial charge on any atom is -0.485 e. The van der Waals surface area contributed by atoms with Crippen LogP contribution in [0.15, 0.2) is 42.5 Å². The van der Waals surface area contributed by atoms with Crippen molar-refractivity contribution in [2.24, 2.45) is 0 Å². The van der Waals surface area contributed by atoms with Gasteiger partial charge in [0.05, 0.1) is 6.10 Å². The van der Waals surface area contributed by atoms with Crippen LogP contribution in [0.25, 0.3) is 0 Å². The third-order valence-electron chi connectivity index (χ3n) is 3.49. The first kappa shape index (κ1) is 12.2. The van der Waals surface area contributed by atoms with Crippen molar-refractivity contribution in [3.63, 3.8) is 0 Å². The van der Waals surface area contributed by atoms with Crippen molar-refractivity contribution in [3.8, 4) is 5.75 Å². The summed E-state index contributed by atoms with van der Waals surface area (Å²) in [6, 6.07) is 12.3. The molecule has 0 aliphatic carbocycles. The van der Waals surface area contributed by atoms with E-state index in [0.717, 1.165) is 5.56 Å². The summed E-state index contributed by atoms with van der Waals surface area (Å²) in [6.07, 6.45) is -0.432. The zero-order valence-corrected chi connectivity index (χ0v) is 10.6. The number of hydrogen-bond donors (Lipinski definition) is 1. The summed E-state index contributed by atoms with van der Waals surface area (Å²) in [5.41, 5.74) is 2.74. The fourth-order valence-corrected chi connectivity index (χ4v) is 2.40. The van der Waals surface area contributed by atoms with E-state index in [1.165, 1.54) is 17.7 Å². The third-order valence-corrected chi connectivity index (χ3v) is 3.49. The highest BCUT2D eigenvalue weighted by Crippen LogP contribution is 2.40. The Labute approximate surface area is 111 Å². The average molecular weight is 258 g/mol. The lowest BCUT2D eigenvalue weighted by Crippen LogP contribution is -2.19. The van der Waals surface area contributed by atoms with Crippen molar-refractivity contribution < 1.29 is 14.2 Å². The van der Waals surface area contributed by atoms with Gasteiger partial charge in [-0.05, 0) is 30.7 Å². The minimum absolute atomic E-state index is 0.187. The Morgan fingerprint density at radius 3 is 2.63 bits per heavy atom. The van der Waals surface area contributed by atoms with Crippen molar-refractivity contribution in [1.82, 2.24) is 0 Å². The van der Waals surface area contributed by atoms with Gasteiger partial charge in [0, 0.05) is 12.0 Å². The van der Waals surface area contributed by atoms with Gasteiger partial charge in [0.25, 0.3) is 0 Å². The van der Waals surface area contributed by atoms with Gasteiger partial charge < -0.3 is 9.84 Å². The molecule has 0 amide bonds. The molecule has 2 atom stereocenters. The largest absolute Gasteiger partial charge is 0.485 e. The van der Waals surface area contributed by atoms with E-state index in [4.69, 9.17) is 4.74 Å². The molecule has 1 aliphatic heterocycles. The van der Waals surface area contributed by atoms with Gasteiger partial charge in [0.15, 0.2) is 0 Å². The van der Waals surface area contributed by atoms with E-state index in [9.17, 15) is 9.50 Å². The van der Waals surface area contributed by atoms with Crippen LogP contribution in [-0.2, 0) is 0 Å². The van der Waals surface area contributed by atoms with Crippen LogP contribution in [0, 0.1) is 12.7 Å². The maximum absolute atomic E-state index is 13.2. The first-order chi connectivity index (χ1) is 9.13. The van der Waals surface area contributed by atoms with Gasteiger partial charge in [-0.2, -0.15) is 0 Å². The molecule has 0 radical (unpaired) electrons. The van der Waals surface area contributed by atoms with Gasteiger partial charge in [0.2, 0.25) is 0 Å². The quantitative estimate of drug-likeness (QED) is 0.845. The molecule has 2 aromatic carbocycles. The van der Waals surface area contributed by atoms with E-state index in [2.05, 4.69) is 0 Å². The van der Waals surface area contributed by atoms with Gasteiger partial charge in [-0.1, -0.05) is 29.8 Å². The summed E-state index contributed by atoms with van der Waals surface area (Å²) in [7, 11) is 0. The van der Waals surface area contributed by atoms with E-state index in [1.807, 2.05) is 31.2 Å². The normalized spacial score (nSPS) is 21.6. The molecule has 1 aliphatic rings. The highest BCUT2D eigenvalue weighted by atomic mass is 19.1. The predicted molar refractivity (Wildman–Crippen MR) is 70.5 cm³/mol. The van der Waals surface area contributed by atoms with Crippen LogP contribution in [0.2, 0.25) is 0 Å². The molecule has 1 N–H and O–H groups in total. The van der Waals surface area contributed by atoms with Crippen molar-refractivity contribution in [1.29, 1.82) is 0 Å². The highest BCUT2D eigenvalue weighted by Gasteiger charge is 2.28. The van der Waals surface area contributed by atoms with Gasteiger partial charge in [-0.25, -0.2) is 4.39 Å². The number of halogens is 1. The van der Waals surface area contributed by atoms with Crippen molar-refractivity contribution >= 4 is 0 Å². The molecular formula is C16H15FO2. The second-order valence-electron chi connectivity index (χ2n) is 4.95. The van der Waals surface area contributed by atoms with Crippen LogP contribution < -0.4 is 4.74 Å². The SMILES string of the molecule is Cc1ccc(C2C[C@@H](O)c3cc(F)ccc3O2)cc1. The van der Waals surface area contributed by atoms with E-state index in [0.29, 0.717) is 17.7 Å². The molecule has 0 saturated carbocycles. The second-order valence-corrected chi connectivity index (χ2v) is 4.95. The number of ether oxygens (including phenoxy) is 1. The number of aliphatic hydroxyl groups is 1. The Balaban J connectivity index is 1.92. The lowest BCUT2D eigenvalue weighted by molar-refractivity contribution is 0.0653. The molecule has 0 aromatic heterocycles. The Morgan fingerprint density at radius 1 is 1.16 bits per heavy atom. The maximum Gasteiger partial charge on any atom is 0.127 e. The summed E-state index contributed by atoms with van der Waals surface area (Å²) in [4.78, 5) is 0. The molecule has 0 saturated heterocycles. The van der Waals surface area contributed by atoms with Crippen LogP contribution in [0.3, 0.4) is 0 Å². The number of fused-ring (bicyclic) bond motifs is 1. The van der Waals surface area contributed by atoms with Crippen LogP contribution in [-0.4, -0.2) is 5.11 Å². The lowest BCUT2D eigenvalue weighted by Gasteiger charge is -2.30. The smallest absolute Gasteiger partial charge is 0.127 e. The Kier molecular flexibility index (Phi) is 2.99. The Hall–Kier alpha value is -1.87. The summed E-state index contributed by atoms with van der Waals surface area (Å²) >= 11 is 0. The maximum atomic E-state index is 13.2. The summed E-state index contributed by atoms with van der Waals surface area (Å²) < 4.78 is 19.0. The fraction of sp³-hybridized carbons (Fsp3) is 0.250. The molecule has 3 heteroatoms. The van der Waals surface area contributed by atoms with Crippen LogP contribution in [0.1, 0.15) is 35.3 Å². The summed E-state index contributed by atoms with van der Waals surface area (Å²) in [5, 5.41) is 10.1. The summed E-state index contributed by atoms with van der Waals surface area (Å²) in [5.74, 6) is 0.209. The third kappa shape index (κ3) is 2.34. The van der Waals surface area contributed by atoms with Crippen LogP contribution in [0.4, 0.5) is 4.39 Å². The molecule has 0 spiro atoms. The Bertz CT molecular complexity index is 592. The molecule has 1 heterocycles. The van der Waals surface area contributed by atoms with Crippen LogP contribution >= 0.6 is 0 Å². The van der Waals surface area contributed by atoms with Gasteiger partial charge in [-0.3, -0.25) is 0 Å². The average Bonchev–Trinajstić information content (AvgIpc) is 2.40. The van der Waals surface area contributed by atoms with Gasteiger partial charge >= 0.3 is 0 Å². The van der Waals surface area contributed by atoms with E-state index < -0.39 is 6.10 Å². The lowest BCUT2D eigenvalue weighted by atomic mass is 9.94. The number of benzene rings is 2. The van der Waals surface area contributed by atoms with E-state index in [1.54, 1.807) is 6.07 Å². The van der Waals surface area contributed by atoms with E-state index >= 15 is 0 Å². The molecule has 98 valence electrons. The van der Waals surface area contributed by atoms with Gasteiger partial charge in [0.1, 0.15) is 17.7 Å². The second kappa shape index (κ2) is 4.67. The van der Waals surface area contributed by atoms with Crippen molar-refractivity contribution in [2.75, 3.05) is 0 Å². The summed E-state index contributed by atoms with van der Waals surface area (Å²) in [6.45, 7) is 2.03. The number of aliphatic hydroxyl groups excluding tert-OH is 1.